The molecular formula is C12H8N3. The number of hydrogen-bond acceptors (Lipinski definition) is 3. The van der Waals surface area contributed by atoms with Crippen molar-refractivity contribution in [2.24, 2.45) is 4.99 Å². The Labute approximate surface area is 87.5 Å². The van der Waals surface area contributed by atoms with Crippen molar-refractivity contribution in [3.63, 3.8) is 0 Å². The molecular weight excluding hydrogens is 186 g/mol. The lowest BCUT2D eigenvalue weighted by Gasteiger charge is -2.02. The Balaban J connectivity index is 2.19. The van der Waals surface area contributed by atoms with Crippen LogP contribution in [0.5, 0.6) is 0 Å². The summed E-state index contributed by atoms with van der Waals surface area (Å²) in [6.45, 7) is 0. The maximum absolute atomic E-state index is 4.31. The van der Waals surface area contributed by atoms with Crippen LogP contribution in [-0.2, 0) is 6.42 Å². The fraction of sp³-hybridized carbons (Fsp3) is 0.0833. The molecule has 1 aliphatic heterocycles. The first-order chi connectivity index (χ1) is 7.43. The average Bonchev–Trinajstić information content (AvgIpc) is 2.48. The predicted molar refractivity (Wildman–Crippen MR) is 57.4 cm³/mol. The zero-order valence-corrected chi connectivity index (χ0v) is 8.01. The number of fused-ring (bicyclic) bond motifs is 2. The summed E-state index contributed by atoms with van der Waals surface area (Å²) < 4.78 is 0. The first-order valence-electron chi connectivity index (χ1n) is 4.77. The summed E-state index contributed by atoms with van der Waals surface area (Å²) in [5, 5.41) is 0. The van der Waals surface area contributed by atoms with E-state index in [0.29, 0.717) is 0 Å². The van der Waals surface area contributed by atoms with E-state index in [1.807, 2.05) is 24.3 Å². The predicted octanol–water partition coefficient (Wildman–Crippen LogP) is 1.93. The zero-order chi connectivity index (χ0) is 10.1. The minimum absolute atomic E-state index is 0.788. The SMILES string of the molecule is [c]1ccc2c(n1)C=Nc1ncccc1C2. The van der Waals surface area contributed by atoms with E-state index in [1.165, 1.54) is 5.56 Å². The van der Waals surface area contributed by atoms with Crippen molar-refractivity contribution in [3.05, 3.63) is 53.5 Å². The molecule has 71 valence electrons. The molecule has 1 radical (unpaired) electrons. The molecule has 0 saturated carbocycles. The van der Waals surface area contributed by atoms with Gasteiger partial charge >= 0.3 is 0 Å². The second-order valence-corrected chi connectivity index (χ2v) is 3.41. The number of hydrogen-bond donors (Lipinski definition) is 0. The molecule has 0 unspecified atom stereocenters. The van der Waals surface area contributed by atoms with Crippen molar-refractivity contribution in [2.75, 3.05) is 0 Å². The summed E-state index contributed by atoms with van der Waals surface area (Å²) in [5.74, 6) is 0.788. The third-order valence-electron chi connectivity index (χ3n) is 2.43. The van der Waals surface area contributed by atoms with Gasteiger partial charge in [-0.25, -0.2) is 15.0 Å². The number of aliphatic imine (C=N–C) groups is 1. The van der Waals surface area contributed by atoms with Gasteiger partial charge in [-0.2, -0.15) is 0 Å². The minimum atomic E-state index is 0.788. The van der Waals surface area contributed by atoms with Gasteiger partial charge in [-0.1, -0.05) is 12.1 Å². The monoisotopic (exact) mass is 194 g/mol. The molecule has 3 heterocycles. The van der Waals surface area contributed by atoms with Crippen LogP contribution in [0.1, 0.15) is 16.8 Å². The summed E-state index contributed by atoms with van der Waals surface area (Å²) in [6.07, 6.45) is 7.16. The van der Waals surface area contributed by atoms with Crippen LogP contribution in [0.2, 0.25) is 0 Å². The average molecular weight is 194 g/mol. The lowest BCUT2D eigenvalue weighted by atomic mass is 10.1. The van der Waals surface area contributed by atoms with Crippen molar-refractivity contribution >= 4 is 12.0 Å². The topological polar surface area (TPSA) is 38.1 Å². The molecule has 0 aliphatic carbocycles. The molecule has 1 aliphatic rings. The summed E-state index contributed by atoms with van der Waals surface area (Å²) in [5.41, 5.74) is 3.19. The zero-order valence-electron chi connectivity index (χ0n) is 8.01. The number of pyridine rings is 2. The van der Waals surface area contributed by atoms with Crippen molar-refractivity contribution in [1.82, 2.24) is 9.97 Å². The van der Waals surface area contributed by atoms with E-state index in [2.05, 4.69) is 21.2 Å². The van der Waals surface area contributed by atoms with E-state index in [0.717, 1.165) is 23.5 Å². The van der Waals surface area contributed by atoms with Gasteiger partial charge in [0.15, 0.2) is 5.82 Å². The van der Waals surface area contributed by atoms with Crippen LogP contribution in [-0.4, -0.2) is 16.2 Å². The molecule has 2 aromatic heterocycles. The van der Waals surface area contributed by atoms with Crippen LogP contribution in [0.4, 0.5) is 5.82 Å². The Morgan fingerprint density at radius 2 is 2.20 bits per heavy atom. The third kappa shape index (κ3) is 1.42. The summed E-state index contributed by atoms with van der Waals surface area (Å²) in [7, 11) is 0. The highest BCUT2D eigenvalue weighted by atomic mass is 14.9. The smallest absolute Gasteiger partial charge is 0.155 e. The van der Waals surface area contributed by atoms with E-state index in [9.17, 15) is 0 Å². The molecule has 0 aromatic carbocycles. The van der Waals surface area contributed by atoms with E-state index in [1.54, 1.807) is 12.4 Å². The number of aromatic nitrogens is 2. The Bertz CT molecular complexity index is 484. The molecule has 0 fully saturated rings. The molecule has 15 heavy (non-hydrogen) atoms. The normalized spacial score (nSPS) is 12.8. The first-order valence-corrected chi connectivity index (χ1v) is 4.77. The van der Waals surface area contributed by atoms with Crippen molar-refractivity contribution in [1.29, 1.82) is 0 Å². The van der Waals surface area contributed by atoms with Crippen LogP contribution in [0.3, 0.4) is 0 Å². The quantitative estimate of drug-likeness (QED) is 0.548. The summed E-state index contributed by atoms with van der Waals surface area (Å²) >= 11 is 0. The van der Waals surface area contributed by atoms with Crippen molar-refractivity contribution < 1.29 is 0 Å². The van der Waals surface area contributed by atoms with Crippen LogP contribution in [0.15, 0.2) is 35.5 Å². The van der Waals surface area contributed by atoms with Gasteiger partial charge in [0, 0.05) is 18.2 Å². The number of nitrogens with zero attached hydrogens (tertiary/aromatic N) is 3. The lowest BCUT2D eigenvalue weighted by Crippen LogP contribution is -1.95. The maximum atomic E-state index is 4.31. The molecule has 0 N–H and O–H groups in total. The lowest BCUT2D eigenvalue weighted by molar-refractivity contribution is 1.12. The Kier molecular flexibility index (Phi) is 1.81. The fourth-order valence-electron chi connectivity index (χ4n) is 1.68. The van der Waals surface area contributed by atoms with Crippen molar-refractivity contribution in [3.8, 4) is 0 Å². The molecule has 0 bridgehead atoms. The molecule has 3 rings (SSSR count). The standard InChI is InChI=1S/C12H8N3/c1-3-9-7-10-4-2-6-14-12(10)15-8-11(9)13-5-1/h1-4,6,8H,7H2. The van der Waals surface area contributed by atoms with E-state index < -0.39 is 0 Å². The van der Waals surface area contributed by atoms with Crippen LogP contribution in [0.25, 0.3) is 0 Å². The minimum Gasteiger partial charge on any atom is -0.245 e. The highest BCUT2D eigenvalue weighted by Gasteiger charge is 2.10. The maximum Gasteiger partial charge on any atom is 0.155 e. The molecule has 0 amide bonds. The van der Waals surface area contributed by atoms with Gasteiger partial charge in [0.2, 0.25) is 0 Å². The molecule has 0 saturated heterocycles. The molecule has 0 atom stereocenters. The number of rotatable bonds is 0. The summed E-state index contributed by atoms with van der Waals surface area (Å²) in [6, 6.07) is 7.83. The highest BCUT2D eigenvalue weighted by molar-refractivity contribution is 5.82. The third-order valence-corrected chi connectivity index (χ3v) is 2.43. The van der Waals surface area contributed by atoms with Crippen LogP contribution >= 0.6 is 0 Å². The highest BCUT2D eigenvalue weighted by Crippen LogP contribution is 2.22. The van der Waals surface area contributed by atoms with Crippen molar-refractivity contribution in [2.45, 2.75) is 6.42 Å². The van der Waals surface area contributed by atoms with Gasteiger partial charge < -0.3 is 0 Å². The second-order valence-electron chi connectivity index (χ2n) is 3.41. The van der Waals surface area contributed by atoms with Gasteiger partial charge in [-0.3, -0.25) is 0 Å². The first kappa shape index (κ1) is 8.29. The molecule has 3 nitrogen and oxygen atoms in total. The van der Waals surface area contributed by atoms with E-state index >= 15 is 0 Å². The van der Waals surface area contributed by atoms with Gasteiger partial charge in [0.05, 0.1) is 18.1 Å². The largest absolute Gasteiger partial charge is 0.245 e. The van der Waals surface area contributed by atoms with E-state index in [-0.39, 0.29) is 0 Å². The molecule has 3 heteroatoms. The van der Waals surface area contributed by atoms with E-state index in [4.69, 9.17) is 0 Å². The Hall–Kier alpha value is -2.03. The van der Waals surface area contributed by atoms with Gasteiger partial charge in [0.25, 0.3) is 0 Å². The van der Waals surface area contributed by atoms with Gasteiger partial charge in [-0.05, 0) is 17.7 Å². The molecule has 0 spiro atoms. The Morgan fingerprint density at radius 3 is 3.20 bits per heavy atom. The van der Waals surface area contributed by atoms with Gasteiger partial charge in [0.1, 0.15) is 0 Å². The van der Waals surface area contributed by atoms with Gasteiger partial charge in [-0.15, -0.1) is 0 Å². The Morgan fingerprint density at radius 1 is 1.20 bits per heavy atom. The molecule has 2 aromatic rings. The summed E-state index contributed by atoms with van der Waals surface area (Å²) in [4.78, 5) is 12.7. The van der Waals surface area contributed by atoms with Crippen LogP contribution < -0.4 is 0 Å². The second kappa shape index (κ2) is 3.28. The van der Waals surface area contributed by atoms with Crippen LogP contribution in [0, 0.1) is 6.20 Å². The fourth-order valence-corrected chi connectivity index (χ4v) is 1.68.